The first-order valence-corrected chi connectivity index (χ1v) is 9.22. The molecule has 0 aromatic heterocycles. The van der Waals surface area contributed by atoms with E-state index >= 15 is 0 Å². The van der Waals surface area contributed by atoms with E-state index in [9.17, 15) is 4.79 Å². The molecule has 0 aliphatic rings. The van der Waals surface area contributed by atoms with E-state index in [1.54, 1.807) is 6.08 Å². The Bertz CT molecular complexity index is 712. The first kappa shape index (κ1) is 20.9. The van der Waals surface area contributed by atoms with Gasteiger partial charge < -0.3 is 14.5 Å². The van der Waals surface area contributed by atoms with Crippen LogP contribution in [0.2, 0.25) is 0 Å². The number of carbonyl (C=O) groups is 1. The summed E-state index contributed by atoms with van der Waals surface area (Å²) in [4.78, 5) is 16.7. The van der Waals surface area contributed by atoms with Gasteiger partial charge in [-0.05, 0) is 57.5 Å². The minimum Gasteiger partial charge on any atom is -0.489 e. The highest BCUT2D eigenvalue weighted by molar-refractivity contribution is 5.95. The maximum atomic E-state index is 12.5. The normalized spacial score (nSPS) is 11.7. The van der Waals surface area contributed by atoms with Crippen LogP contribution < -0.4 is 4.74 Å². The molecule has 0 radical (unpaired) electrons. The van der Waals surface area contributed by atoms with Gasteiger partial charge in [0, 0.05) is 19.0 Å². The SMILES string of the molecule is CN(C)CC(CN(C)C)C(=O)/C=C\c1ccc(OCc2ccccc2)cc1. The molecule has 0 bridgehead atoms. The van der Waals surface area contributed by atoms with E-state index in [1.165, 1.54) is 0 Å². The van der Waals surface area contributed by atoms with Gasteiger partial charge in [0.05, 0.1) is 0 Å². The van der Waals surface area contributed by atoms with Crippen molar-refractivity contribution in [2.45, 2.75) is 6.61 Å². The van der Waals surface area contributed by atoms with E-state index < -0.39 is 0 Å². The topological polar surface area (TPSA) is 32.8 Å². The molecule has 2 aromatic carbocycles. The van der Waals surface area contributed by atoms with Gasteiger partial charge >= 0.3 is 0 Å². The quantitative estimate of drug-likeness (QED) is 0.602. The predicted octanol–water partition coefficient (Wildman–Crippen LogP) is 3.59. The van der Waals surface area contributed by atoms with E-state index in [4.69, 9.17) is 4.74 Å². The molecular formula is C23H30N2O2. The summed E-state index contributed by atoms with van der Waals surface area (Å²) < 4.78 is 5.80. The van der Waals surface area contributed by atoms with E-state index in [1.807, 2.05) is 88.9 Å². The van der Waals surface area contributed by atoms with E-state index in [-0.39, 0.29) is 11.7 Å². The third kappa shape index (κ3) is 7.77. The Morgan fingerprint density at radius 2 is 1.52 bits per heavy atom. The molecule has 4 nitrogen and oxygen atoms in total. The summed E-state index contributed by atoms with van der Waals surface area (Å²) in [6.07, 6.45) is 3.57. The van der Waals surface area contributed by atoms with Gasteiger partial charge in [0.25, 0.3) is 0 Å². The first-order chi connectivity index (χ1) is 12.9. The summed E-state index contributed by atoms with van der Waals surface area (Å²) in [5, 5.41) is 0. The second kappa shape index (κ2) is 10.7. The second-order valence-electron chi connectivity index (χ2n) is 7.30. The van der Waals surface area contributed by atoms with Crippen LogP contribution in [-0.2, 0) is 11.4 Å². The zero-order valence-electron chi connectivity index (χ0n) is 16.8. The number of hydrogen-bond donors (Lipinski definition) is 0. The summed E-state index contributed by atoms with van der Waals surface area (Å²) in [5.74, 6) is 0.946. The Labute approximate surface area is 163 Å². The molecule has 0 atom stereocenters. The van der Waals surface area contributed by atoms with Crippen LogP contribution in [0, 0.1) is 5.92 Å². The summed E-state index contributed by atoms with van der Waals surface area (Å²) in [5.41, 5.74) is 2.13. The number of nitrogens with zero attached hydrogens (tertiary/aromatic N) is 2. The van der Waals surface area contributed by atoms with Crippen LogP contribution in [0.25, 0.3) is 6.08 Å². The number of ether oxygens (including phenoxy) is 1. The lowest BCUT2D eigenvalue weighted by atomic mass is 10.0. The Morgan fingerprint density at radius 1 is 0.926 bits per heavy atom. The zero-order chi connectivity index (χ0) is 19.6. The number of carbonyl (C=O) groups excluding carboxylic acids is 1. The lowest BCUT2D eigenvalue weighted by Gasteiger charge is -2.22. The summed E-state index contributed by atoms with van der Waals surface area (Å²) in [6, 6.07) is 17.9. The lowest BCUT2D eigenvalue weighted by Crippen LogP contribution is -2.34. The van der Waals surface area contributed by atoms with Crippen molar-refractivity contribution in [2.24, 2.45) is 5.92 Å². The zero-order valence-corrected chi connectivity index (χ0v) is 16.8. The maximum absolute atomic E-state index is 12.5. The Hall–Kier alpha value is -2.43. The summed E-state index contributed by atoms with van der Waals surface area (Å²) in [6.45, 7) is 2.03. The fourth-order valence-electron chi connectivity index (χ4n) is 2.85. The number of ketones is 1. The molecule has 0 fully saturated rings. The van der Waals surface area contributed by atoms with Gasteiger partial charge in [-0.3, -0.25) is 4.79 Å². The molecule has 0 amide bonds. The Balaban J connectivity index is 1.92. The average molecular weight is 367 g/mol. The molecule has 0 unspecified atom stereocenters. The van der Waals surface area contributed by atoms with Gasteiger partial charge in [0.2, 0.25) is 0 Å². The van der Waals surface area contributed by atoms with Crippen molar-refractivity contribution in [1.82, 2.24) is 9.80 Å². The largest absolute Gasteiger partial charge is 0.489 e. The van der Waals surface area contributed by atoms with Crippen molar-refractivity contribution < 1.29 is 9.53 Å². The van der Waals surface area contributed by atoms with Crippen LogP contribution in [0.3, 0.4) is 0 Å². The molecule has 27 heavy (non-hydrogen) atoms. The fraction of sp³-hybridized carbons (Fsp3) is 0.348. The minimum absolute atomic E-state index is 0.0280. The van der Waals surface area contributed by atoms with Gasteiger partial charge in [-0.2, -0.15) is 0 Å². The van der Waals surface area contributed by atoms with Crippen molar-refractivity contribution in [3.05, 3.63) is 71.8 Å². The van der Waals surface area contributed by atoms with Crippen LogP contribution in [-0.4, -0.2) is 56.9 Å². The third-order valence-corrected chi connectivity index (χ3v) is 4.14. The molecule has 2 rings (SSSR count). The number of allylic oxidation sites excluding steroid dienone is 1. The van der Waals surface area contributed by atoms with E-state index in [0.717, 1.165) is 30.0 Å². The third-order valence-electron chi connectivity index (χ3n) is 4.14. The molecule has 0 heterocycles. The van der Waals surface area contributed by atoms with Crippen molar-refractivity contribution in [2.75, 3.05) is 41.3 Å². The molecule has 0 saturated heterocycles. The van der Waals surface area contributed by atoms with E-state index in [2.05, 4.69) is 9.80 Å². The number of benzene rings is 2. The molecule has 0 N–H and O–H groups in total. The summed E-state index contributed by atoms with van der Waals surface area (Å²) in [7, 11) is 7.98. The molecule has 0 aliphatic carbocycles. The number of hydrogen-bond acceptors (Lipinski definition) is 4. The van der Waals surface area contributed by atoms with Crippen LogP contribution in [0.15, 0.2) is 60.7 Å². The van der Waals surface area contributed by atoms with Gasteiger partial charge in [-0.25, -0.2) is 0 Å². The smallest absolute Gasteiger partial charge is 0.161 e. The fourth-order valence-corrected chi connectivity index (χ4v) is 2.85. The van der Waals surface area contributed by atoms with Gasteiger partial charge in [0.1, 0.15) is 12.4 Å². The molecule has 0 spiro atoms. The second-order valence-corrected chi connectivity index (χ2v) is 7.30. The van der Waals surface area contributed by atoms with Gasteiger partial charge in [-0.15, -0.1) is 0 Å². The van der Waals surface area contributed by atoms with Crippen molar-refractivity contribution >= 4 is 11.9 Å². The highest BCUT2D eigenvalue weighted by atomic mass is 16.5. The van der Waals surface area contributed by atoms with Crippen LogP contribution in [0.4, 0.5) is 0 Å². The van der Waals surface area contributed by atoms with Crippen molar-refractivity contribution in [1.29, 1.82) is 0 Å². The van der Waals surface area contributed by atoms with Crippen LogP contribution in [0.5, 0.6) is 5.75 Å². The number of rotatable bonds is 10. The highest BCUT2D eigenvalue weighted by Gasteiger charge is 2.17. The monoisotopic (exact) mass is 366 g/mol. The summed E-state index contributed by atoms with van der Waals surface area (Å²) >= 11 is 0. The predicted molar refractivity (Wildman–Crippen MR) is 112 cm³/mol. The van der Waals surface area contributed by atoms with Crippen LogP contribution in [0.1, 0.15) is 11.1 Å². The molecule has 0 saturated carbocycles. The Morgan fingerprint density at radius 3 is 2.07 bits per heavy atom. The van der Waals surface area contributed by atoms with Gasteiger partial charge in [0.15, 0.2) is 5.78 Å². The lowest BCUT2D eigenvalue weighted by molar-refractivity contribution is -0.119. The minimum atomic E-state index is -0.0280. The first-order valence-electron chi connectivity index (χ1n) is 9.22. The standard InChI is InChI=1S/C23H30N2O2/c1-24(2)16-21(17-25(3)4)23(26)15-12-19-10-13-22(14-11-19)27-18-20-8-6-5-7-9-20/h5-15,21H,16-18H2,1-4H3/b15-12-. The van der Waals surface area contributed by atoms with Crippen molar-refractivity contribution in [3.8, 4) is 5.75 Å². The molecule has 0 aliphatic heterocycles. The van der Waals surface area contributed by atoms with Crippen molar-refractivity contribution in [3.63, 3.8) is 0 Å². The van der Waals surface area contributed by atoms with Gasteiger partial charge in [-0.1, -0.05) is 48.5 Å². The Kier molecular flexibility index (Phi) is 8.24. The average Bonchev–Trinajstić information content (AvgIpc) is 2.65. The molecule has 4 heteroatoms. The highest BCUT2D eigenvalue weighted by Crippen LogP contribution is 2.15. The molecule has 144 valence electrons. The maximum Gasteiger partial charge on any atom is 0.161 e. The van der Waals surface area contributed by atoms with E-state index in [0.29, 0.717) is 6.61 Å². The van der Waals surface area contributed by atoms with Crippen LogP contribution >= 0.6 is 0 Å². The molecular weight excluding hydrogens is 336 g/mol. The molecule has 2 aromatic rings.